The Morgan fingerprint density at radius 3 is 2.73 bits per heavy atom. The van der Waals surface area contributed by atoms with Crippen LogP contribution in [-0.2, 0) is 11.2 Å². The molecule has 2 aromatic rings. The zero-order valence-electron chi connectivity index (χ0n) is 17.6. The van der Waals surface area contributed by atoms with E-state index in [4.69, 9.17) is 4.74 Å². The number of aryl methyl sites for hydroxylation is 1. The van der Waals surface area contributed by atoms with Gasteiger partial charge in [-0.3, -0.25) is 9.59 Å². The predicted octanol–water partition coefficient (Wildman–Crippen LogP) is 3.75. The Kier molecular flexibility index (Phi) is 6.36. The van der Waals surface area contributed by atoms with Gasteiger partial charge in [-0.25, -0.2) is 0 Å². The van der Waals surface area contributed by atoms with Crippen LogP contribution in [0.3, 0.4) is 0 Å². The van der Waals surface area contributed by atoms with Crippen LogP contribution >= 0.6 is 0 Å². The normalized spacial score (nSPS) is 18.7. The van der Waals surface area contributed by atoms with E-state index < -0.39 is 0 Å². The van der Waals surface area contributed by atoms with Crippen molar-refractivity contribution in [2.45, 2.75) is 45.1 Å². The lowest BCUT2D eigenvalue weighted by Gasteiger charge is -2.33. The molecule has 1 aliphatic heterocycles. The van der Waals surface area contributed by atoms with Gasteiger partial charge in [0, 0.05) is 30.6 Å². The lowest BCUT2D eigenvalue weighted by atomic mass is 9.97. The highest BCUT2D eigenvalue weighted by molar-refractivity contribution is 5.94. The maximum absolute atomic E-state index is 12.8. The summed E-state index contributed by atoms with van der Waals surface area (Å²) in [6.07, 6.45) is 4.65. The number of benzene rings is 2. The van der Waals surface area contributed by atoms with E-state index in [1.165, 1.54) is 0 Å². The van der Waals surface area contributed by atoms with Crippen molar-refractivity contribution in [2.24, 2.45) is 5.92 Å². The summed E-state index contributed by atoms with van der Waals surface area (Å²) in [7, 11) is 0. The number of carbonyl (C=O) groups excluding carboxylic acids is 2. The predicted molar refractivity (Wildman–Crippen MR) is 117 cm³/mol. The van der Waals surface area contributed by atoms with E-state index in [1.807, 2.05) is 47.4 Å². The molecule has 0 bridgehead atoms. The zero-order chi connectivity index (χ0) is 20.9. The molecule has 5 nitrogen and oxygen atoms in total. The van der Waals surface area contributed by atoms with Crippen molar-refractivity contribution in [3.63, 3.8) is 0 Å². The number of nitrogens with one attached hydrogen (secondary N) is 1. The summed E-state index contributed by atoms with van der Waals surface area (Å²) >= 11 is 0. The van der Waals surface area contributed by atoms with Crippen LogP contribution in [0.15, 0.2) is 48.5 Å². The van der Waals surface area contributed by atoms with Crippen LogP contribution in [0.1, 0.15) is 47.2 Å². The minimum absolute atomic E-state index is 0.0337. The molecule has 1 saturated carbocycles. The summed E-state index contributed by atoms with van der Waals surface area (Å²) in [6, 6.07) is 15.8. The van der Waals surface area contributed by atoms with Gasteiger partial charge in [0.15, 0.2) is 0 Å². The molecule has 2 fully saturated rings. The molecule has 0 radical (unpaired) electrons. The molecule has 2 amide bonds. The average Bonchev–Trinajstić information content (AvgIpc) is 3.58. The molecule has 5 heteroatoms. The summed E-state index contributed by atoms with van der Waals surface area (Å²) in [5.74, 6) is 1.17. The van der Waals surface area contributed by atoms with Crippen molar-refractivity contribution >= 4 is 11.8 Å². The Morgan fingerprint density at radius 1 is 1.10 bits per heavy atom. The number of hydrogen-bond acceptors (Lipinski definition) is 3. The quantitative estimate of drug-likeness (QED) is 0.762. The standard InChI is InChI=1S/C25H30N2O3/c1-18-6-2-3-8-20(18)15-24(28)27-13-5-7-19(16-27)17-30-23-10-4-9-21(14-23)25(29)26-22-11-12-22/h2-4,6,8-10,14,19,22H,5,7,11-13,15-17H2,1H3,(H,26,29)/t19-/m1/s1. The number of nitrogens with zero attached hydrogens (tertiary/aromatic N) is 1. The monoisotopic (exact) mass is 406 g/mol. The molecule has 4 rings (SSSR count). The average molecular weight is 407 g/mol. The Bertz CT molecular complexity index is 907. The molecule has 30 heavy (non-hydrogen) atoms. The maximum atomic E-state index is 12.8. The molecular weight excluding hydrogens is 376 g/mol. The zero-order valence-corrected chi connectivity index (χ0v) is 17.6. The summed E-state index contributed by atoms with van der Waals surface area (Å²) in [6.45, 7) is 4.15. The molecule has 0 unspecified atom stereocenters. The number of carbonyl (C=O) groups is 2. The topological polar surface area (TPSA) is 58.6 Å². The molecule has 2 aromatic carbocycles. The van der Waals surface area contributed by atoms with E-state index in [1.54, 1.807) is 0 Å². The third-order valence-corrected chi connectivity index (χ3v) is 5.97. The van der Waals surface area contributed by atoms with E-state index in [0.29, 0.717) is 36.3 Å². The summed E-state index contributed by atoms with van der Waals surface area (Å²) in [5.41, 5.74) is 2.90. The van der Waals surface area contributed by atoms with Crippen LogP contribution in [0, 0.1) is 12.8 Å². The second-order valence-electron chi connectivity index (χ2n) is 8.54. The molecule has 0 spiro atoms. The third kappa shape index (κ3) is 5.41. The number of piperidine rings is 1. The van der Waals surface area contributed by atoms with E-state index in [2.05, 4.69) is 18.3 Å². The van der Waals surface area contributed by atoms with E-state index in [9.17, 15) is 9.59 Å². The molecular formula is C25H30N2O3. The van der Waals surface area contributed by atoms with Crippen LogP contribution in [0.25, 0.3) is 0 Å². The van der Waals surface area contributed by atoms with E-state index >= 15 is 0 Å². The van der Waals surface area contributed by atoms with Crippen LogP contribution in [-0.4, -0.2) is 42.5 Å². The van der Waals surface area contributed by atoms with Gasteiger partial charge in [-0.1, -0.05) is 30.3 Å². The first-order valence-corrected chi connectivity index (χ1v) is 10.9. The first-order chi connectivity index (χ1) is 14.6. The van der Waals surface area contributed by atoms with Gasteiger partial charge in [-0.2, -0.15) is 0 Å². The van der Waals surface area contributed by atoms with Crippen LogP contribution in [0.4, 0.5) is 0 Å². The highest BCUT2D eigenvalue weighted by atomic mass is 16.5. The summed E-state index contributed by atoms with van der Waals surface area (Å²) in [5, 5.41) is 3.01. The Labute approximate surface area is 178 Å². The number of ether oxygens (including phenoxy) is 1. The van der Waals surface area contributed by atoms with Crippen molar-refractivity contribution in [1.82, 2.24) is 10.2 Å². The number of hydrogen-bond donors (Lipinski definition) is 1. The van der Waals surface area contributed by atoms with E-state index in [0.717, 1.165) is 49.9 Å². The first kappa shape index (κ1) is 20.5. The first-order valence-electron chi connectivity index (χ1n) is 10.9. The summed E-state index contributed by atoms with van der Waals surface area (Å²) < 4.78 is 6.00. The lowest BCUT2D eigenvalue weighted by molar-refractivity contribution is -0.132. The van der Waals surface area contributed by atoms with Crippen molar-refractivity contribution in [1.29, 1.82) is 0 Å². The second kappa shape index (κ2) is 9.33. The number of rotatable bonds is 7. The van der Waals surface area contributed by atoms with Gasteiger partial charge in [0.1, 0.15) is 5.75 Å². The number of likely N-dealkylation sites (tertiary alicyclic amines) is 1. The van der Waals surface area contributed by atoms with Gasteiger partial charge in [0.2, 0.25) is 5.91 Å². The second-order valence-corrected chi connectivity index (χ2v) is 8.54. The van der Waals surface area contributed by atoms with Gasteiger partial charge < -0.3 is 15.0 Å². The van der Waals surface area contributed by atoms with Crippen LogP contribution in [0.5, 0.6) is 5.75 Å². The van der Waals surface area contributed by atoms with Gasteiger partial charge in [0.05, 0.1) is 13.0 Å². The highest BCUT2D eigenvalue weighted by Crippen LogP contribution is 2.22. The van der Waals surface area contributed by atoms with Crippen molar-refractivity contribution in [3.05, 3.63) is 65.2 Å². The van der Waals surface area contributed by atoms with Gasteiger partial charge in [-0.05, 0) is 61.9 Å². The van der Waals surface area contributed by atoms with Crippen LogP contribution in [0.2, 0.25) is 0 Å². The van der Waals surface area contributed by atoms with Gasteiger partial charge in [-0.15, -0.1) is 0 Å². The maximum Gasteiger partial charge on any atom is 0.251 e. The SMILES string of the molecule is Cc1ccccc1CC(=O)N1CCC[C@@H](COc2cccc(C(=O)NC3CC3)c2)C1. The highest BCUT2D eigenvalue weighted by Gasteiger charge is 2.25. The Morgan fingerprint density at radius 2 is 1.93 bits per heavy atom. The third-order valence-electron chi connectivity index (χ3n) is 5.97. The molecule has 1 saturated heterocycles. The fraction of sp³-hybridized carbons (Fsp3) is 0.440. The van der Waals surface area contributed by atoms with Crippen LogP contribution < -0.4 is 10.1 Å². The van der Waals surface area contributed by atoms with Gasteiger partial charge >= 0.3 is 0 Å². The number of amides is 2. The minimum Gasteiger partial charge on any atom is -0.493 e. The molecule has 158 valence electrons. The largest absolute Gasteiger partial charge is 0.493 e. The van der Waals surface area contributed by atoms with Crippen molar-refractivity contribution < 1.29 is 14.3 Å². The summed E-state index contributed by atoms with van der Waals surface area (Å²) in [4.78, 5) is 27.0. The van der Waals surface area contributed by atoms with Crippen molar-refractivity contribution in [3.8, 4) is 5.75 Å². The molecule has 1 heterocycles. The smallest absolute Gasteiger partial charge is 0.251 e. The molecule has 0 aromatic heterocycles. The molecule has 1 N–H and O–H groups in total. The fourth-order valence-corrected chi connectivity index (χ4v) is 3.95. The lowest BCUT2D eigenvalue weighted by Crippen LogP contribution is -2.42. The molecule has 1 atom stereocenters. The Balaban J connectivity index is 1.29. The molecule has 2 aliphatic rings. The van der Waals surface area contributed by atoms with Gasteiger partial charge in [0.25, 0.3) is 5.91 Å². The van der Waals surface area contributed by atoms with Crippen molar-refractivity contribution in [2.75, 3.05) is 19.7 Å². The molecule has 1 aliphatic carbocycles. The fourth-order valence-electron chi connectivity index (χ4n) is 3.95. The van der Waals surface area contributed by atoms with E-state index in [-0.39, 0.29) is 11.8 Å². The Hall–Kier alpha value is -2.82. The minimum atomic E-state index is -0.0337.